The zero-order valence-corrected chi connectivity index (χ0v) is 16.5. The maximum atomic E-state index is 12.9. The van der Waals surface area contributed by atoms with Crippen LogP contribution in [0.25, 0.3) is 0 Å². The molecule has 2 amide bonds. The number of anilines is 1. The number of carbonyl (C=O) groups is 2. The fraction of sp³-hybridized carbons (Fsp3) is 0.391. The minimum Gasteiger partial charge on any atom is -0.378 e. The van der Waals surface area contributed by atoms with Crippen molar-refractivity contribution in [3.63, 3.8) is 0 Å². The van der Waals surface area contributed by atoms with Gasteiger partial charge in [0.2, 0.25) is 5.91 Å². The molecule has 2 fully saturated rings. The monoisotopic (exact) mass is 393 g/mol. The summed E-state index contributed by atoms with van der Waals surface area (Å²) in [6.45, 7) is 4.04. The Morgan fingerprint density at radius 2 is 1.79 bits per heavy atom. The van der Waals surface area contributed by atoms with Crippen LogP contribution in [0.1, 0.15) is 28.8 Å². The van der Waals surface area contributed by atoms with E-state index in [-0.39, 0.29) is 17.9 Å². The summed E-state index contributed by atoms with van der Waals surface area (Å²) in [5.74, 6) is -0.0228. The van der Waals surface area contributed by atoms with Gasteiger partial charge in [-0.05, 0) is 43.1 Å². The number of hydrogen-bond donors (Lipinski definition) is 1. The molecule has 1 N–H and O–H groups in total. The summed E-state index contributed by atoms with van der Waals surface area (Å²) >= 11 is 0. The van der Waals surface area contributed by atoms with Gasteiger partial charge in [0.15, 0.2) is 0 Å². The Kier molecular flexibility index (Phi) is 6.22. The van der Waals surface area contributed by atoms with E-state index in [1.807, 2.05) is 30.3 Å². The van der Waals surface area contributed by atoms with Crippen LogP contribution in [0, 0.1) is 0 Å². The number of carbonyl (C=O) groups excluding carboxylic acids is 2. The van der Waals surface area contributed by atoms with Gasteiger partial charge in [-0.3, -0.25) is 14.5 Å². The first-order chi connectivity index (χ1) is 14.2. The lowest BCUT2D eigenvalue weighted by Gasteiger charge is -2.27. The molecule has 2 aromatic carbocycles. The molecule has 6 nitrogen and oxygen atoms in total. The lowest BCUT2D eigenvalue weighted by molar-refractivity contribution is -0.120. The first-order valence-electron chi connectivity index (χ1n) is 10.3. The third-order valence-electron chi connectivity index (χ3n) is 5.57. The molecule has 0 bridgehead atoms. The van der Waals surface area contributed by atoms with Crippen LogP contribution in [0.5, 0.6) is 0 Å². The predicted molar refractivity (Wildman–Crippen MR) is 112 cm³/mol. The van der Waals surface area contributed by atoms with Crippen molar-refractivity contribution in [2.24, 2.45) is 0 Å². The molecule has 2 aliphatic heterocycles. The number of ether oxygens (including phenoxy) is 1. The van der Waals surface area contributed by atoms with Crippen LogP contribution in [-0.2, 0) is 16.1 Å². The van der Waals surface area contributed by atoms with Crippen LogP contribution in [0.3, 0.4) is 0 Å². The second-order valence-corrected chi connectivity index (χ2v) is 7.59. The zero-order valence-electron chi connectivity index (χ0n) is 16.5. The van der Waals surface area contributed by atoms with E-state index in [1.54, 1.807) is 17.0 Å². The molecule has 2 aromatic rings. The van der Waals surface area contributed by atoms with E-state index in [2.05, 4.69) is 22.3 Å². The summed E-state index contributed by atoms with van der Waals surface area (Å²) in [4.78, 5) is 29.7. The molecule has 0 radical (unpaired) electrons. The highest BCUT2D eigenvalue weighted by Gasteiger charge is 2.30. The van der Waals surface area contributed by atoms with Gasteiger partial charge in [-0.1, -0.05) is 36.4 Å². The highest BCUT2D eigenvalue weighted by molar-refractivity contribution is 5.98. The number of morpholine rings is 1. The highest BCUT2D eigenvalue weighted by Crippen LogP contribution is 2.22. The molecule has 29 heavy (non-hydrogen) atoms. The smallest absolute Gasteiger partial charge is 0.254 e. The maximum absolute atomic E-state index is 12.9. The van der Waals surface area contributed by atoms with Gasteiger partial charge >= 0.3 is 0 Å². The van der Waals surface area contributed by atoms with E-state index in [0.29, 0.717) is 37.6 Å². The largest absolute Gasteiger partial charge is 0.378 e. The highest BCUT2D eigenvalue weighted by atomic mass is 16.5. The molecular formula is C23H27N3O3. The fourth-order valence-electron chi connectivity index (χ4n) is 4.03. The van der Waals surface area contributed by atoms with Crippen molar-refractivity contribution in [2.45, 2.75) is 25.4 Å². The molecule has 0 spiro atoms. The van der Waals surface area contributed by atoms with Crippen molar-refractivity contribution in [2.75, 3.05) is 38.2 Å². The normalized spacial score (nSPS) is 19.9. The molecule has 0 aromatic heterocycles. The number of rotatable bonds is 5. The van der Waals surface area contributed by atoms with Gasteiger partial charge in [-0.2, -0.15) is 0 Å². The van der Waals surface area contributed by atoms with E-state index in [9.17, 15) is 9.59 Å². The zero-order chi connectivity index (χ0) is 20.1. The second kappa shape index (κ2) is 9.20. The molecule has 2 aliphatic rings. The van der Waals surface area contributed by atoms with E-state index in [1.165, 1.54) is 5.56 Å². The van der Waals surface area contributed by atoms with Crippen LogP contribution in [0.2, 0.25) is 0 Å². The van der Waals surface area contributed by atoms with E-state index >= 15 is 0 Å². The molecule has 1 atom stereocenters. The van der Waals surface area contributed by atoms with Gasteiger partial charge in [0.05, 0.1) is 19.3 Å². The third-order valence-corrected chi connectivity index (χ3v) is 5.57. The van der Waals surface area contributed by atoms with E-state index in [0.717, 1.165) is 25.9 Å². The van der Waals surface area contributed by atoms with Crippen LogP contribution < -0.4 is 5.32 Å². The summed E-state index contributed by atoms with van der Waals surface area (Å²) in [5.41, 5.74) is 2.48. The molecule has 0 saturated carbocycles. The summed E-state index contributed by atoms with van der Waals surface area (Å²) in [7, 11) is 0. The average Bonchev–Trinajstić information content (AvgIpc) is 3.23. The van der Waals surface area contributed by atoms with Gasteiger partial charge < -0.3 is 15.0 Å². The Hall–Kier alpha value is -2.70. The van der Waals surface area contributed by atoms with Crippen molar-refractivity contribution in [3.05, 3.63) is 65.7 Å². The van der Waals surface area contributed by atoms with Crippen molar-refractivity contribution in [1.29, 1.82) is 0 Å². The maximum Gasteiger partial charge on any atom is 0.254 e. The number of amides is 2. The number of likely N-dealkylation sites (tertiary alicyclic amines) is 1. The van der Waals surface area contributed by atoms with Gasteiger partial charge in [-0.25, -0.2) is 0 Å². The molecule has 2 saturated heterocycles. The van der Waals surface area contributed by atoms with Crippen molar-refractivity contribution < 1.29 is 14.3 Å². The van der Waals surface area contributed by atoms with Crippen molar-refractivity contribution >= 4 is 17.5 Å². The Morgan fingerprint density at radius 3 is 2.59 bits per heavy atom. The topological polar surface area (TPSA) is 61.9 Å². The summed E-state index contributed by atoms with van der Waals surface area (Å²) < 4.78 is 5.32. The lowest BCUT2D eigenvalue weighted by Crippen LogP contribution is -2.40. The first kappa shape index (κ1) is 19.6. The number of nitrogens with one attached hydrogen (secondary N) is 1. The molecule has 4 rings (SSSR count). The minimum absolute atomic E-state index is 0.00518. The molecule has 0 aliphatic carbocycles. The third kappa shape index (κ3) is 4.83. The number of nitrogens with zero attached hydrogens (tertiary/aromatic N) is 2. The molecule has 2 heterocycles. The molecular weight excluding hydrogens is 366 g/mol. The van der Waals surface area contributed by atoms with Crippen LogP contribution >= 0.6 is 0 Å². The average molecular weight is 393 g/mol. The predicted octanol–water partition coefficient (Wildman–Crippen LogP) is 2.76. The Labute approximate surface area is 171 Å². The summed E-state index contributed by atoms with van der Waals surface area (Å²) in [6.07, 6.45) is 1.87. The van der Waals surface area contributed by atoms with Crippen molar-refractivity contribution in [3.8, 4) is 0 Å². The van der Waals surface area contributed by atoms with Crippen molar-refractivity contribution in [1.82, 2.24) is 9.80 Å². The number of benzene rings is 2. The van der Waals surface area contributed by atoms with Gasteiger partial charge in [0.1, 0.15) is 0 Å². The molecule has 1 unspecified atom stereocenters. The first-order valence-corrected chi connectivity index (χ1v) is 10.3. The molecule has 6 heteroatoms. The minimum atomic E-state index is -0.145. The lowest BCUT2D eigenvalue weighted by atomic mass is 10.1. The standard InChI is InChI=1S/C23H27N3O3/c27-22(21-10-5-11-26(21)17-18-6-2-1-3-7-18)24-20-9-4-8-19(16-20)23(28)25-12-14-29-15-13-25/h1-4,6-9,16,21H,5,10-15,17H2,(H,24,27). The van der Waals surface area contributed by atoms with E-state index in [4.69, 9.17) is 4.74 Å². The summed E-state index contributed by atoms with van der Waals surface area (Å²) in [5, 5.41) is 3.02. The van der Waals surface area contributed by atoms with Gasteiger partial charge in [0.25, 0.3) is 5.91 Å². The number of hydrogen-bond acceptors (Lipinski definition) is 4. The SMILES string of the molecule is O=C(Nc1cccc(C(=O)N2CCOCC2)c1)C1CCCN1Cc1ccccc1. The molecule has 152 valence electrons. The van der Waals surface area contributed by atoms with Crippen LogP contribution in [-0.4, -0.2) is 60.5 Å². The van der Waals surface area contributed by atoms with Gasteiger partial charge in [0, 0.05) is 30.9 Å². The second-order valence-electron chi connectivity index (χ2n) is 7.59. The Bertz CT molecular complexity index is 849. The Morgan fingerprint density at radius 1 is 1.00 bits per heavy atom. The fourth-order valence-corrected chi connectivity index (χ4v) is 4.03. The quantitative estimate of drug-likeness (QED) is 0.849. The van der Waals surface area contributed by atoms with E-state index < -0.39 is 0 Å². The summed E-state index contributed by atoms with van der Waals surface area (Å²) in [6, 6.07) is 17.3. The van der Waals surface area contributed by atoms with Crippen LogP contribution in [0.15, 0.2) is 54.6 Å². The Balaban J connectivity index is 1.40. The van der Waals surface area contributed by atoms with Crippen LogP contribution in [0.4, 0.5) is 5.69 Å². The van der Waals surface area contributed by atoms with Gasteiger partial charge in [-0.15, -0.1) is 0 Å².